The first kappa shape index (κ1) is 16.3. The van der Waals surface area contributed by atoms with Crippen molar-refractivity contribution in [2.24, 2.45) is 0 Å². The zero-order chi connectivity index (χ0) is 13.3. The highest BCUT2D eigenvalue weighted by Gasteiger charge is 2.31. The molecular weight excluding hydrogens is 228 g/mol. The molecular formula is C11H22O6. The van der Waals surface area contributed by atoms with Crippen molar-refractivity contribution in [2.45, 2.75) is 24.7 Å². The second-order valence-electron chi connectivity index (χ2n) is 3.48. The van der Waals surface area contributed by atoms with Gasteiger partial charge in [-0.05, 0) is 0 Å². The molecule has 0 aromatic rings. The normalized spacial score (nSPS) is 16.3. The zero-order valence-corrected chi connectivity index (χ0v) is 11.1. The minimum absolute atomic E-state index is 0.106. The molecule has 6 nitrogen and oxygen atoms in total. The molecule has 3 atom stereocenters. The fourth-order valence-corrected chi connectivity index (χ4v) is 1.59. The average molecular weight is 250 g/mol. The van der Waals surface area contributed by atoms with E-state index in [1.807, 2.05) is 0 Å². The Hall–Kier alpha value is -0.690. The van der Waals surface area contributed by atoms with Crippen LogP contribution in [0.5, 0.6) is 0 Å². The van der Waals surface area contributed by atoms with Gasteiger partial charge < -0.3 is 23.7 Å². The first-order valence-corrected chi connectivity index (χ1v) is 5.28. The van der Waals surface area contributed by atoms with Crippen molar-refractivity contribution in [3.8, 4) is 0 Å². The molecule has 0 saturated heterocycles. The van der Waals surface area contributed by atoms with Crippen LogP contribution in [0.25, 0.3) is 0 Å². The monoisotopic (exact) mass is 250 g/mol. The van der Waals surface area contributed by atoms with Gasteiger partial charge in [0.15, 0.2) is 0 Å². The Bertz CT molecular complexity index is 208. The van der Waals surface area contributed by atoms with Crippen LogP contribution in [0.3, 0.4) is 0 Å². The Kier molecular flexibility index (Phi) is 8.97. The van der Waals surface area contributed by atoms with Crippen LogP contribution in [-0.4, -0.2) is 66.4 Å². The van der Waals surface area contributed by atoms with Gasteiger partial charge in [0, 0.05) is 28.4 Å². The van der Waals surface area contributed by atoms with Gasteiger partial charge >= 0.3 is 5.97 Å². The van der Waals surface area contributed by atoms with Crippen molar-refractivity contribution in [2.75, 3.05) is 42.2 Å². The maximum Gasteiger partial charge on any atom is 0.308 e. The molecule has 0 aliphatic heterocycles. The highest BCUT2D eigenvalue weighted by Crippen LogP contribution is 2.14. The molecule has 0 N–H and O–H groups in total. The maximum absolute atomic E-state index is 11.2. The van der Waals surface area contributed by atoms with E-state index < -0.39 is 12.2 Å². The van der Waals surface area contributed by atoms with Crippen molar-refractivity contribution >= 4 is 5.97 Å². The Balaban J connectivity index is 4.59. The Morgan fingerprint density at radius 2 is 1.53 bits per heavy atom. The second-order valence-corrected chi connectivity index (χ2v) is 3.48. The lowest BCUT2D eigenvalue weighted by Gasteiger charge is -2.30. The second kappa shape index (κ2) is 9.35. The fourth-order valence-electron chi connectivity index (χ4n) is 1.59. The van der Waals surface area contributed by atoms with Gasteiger partial charge in [0.25, 0.3) is 0 Å². The number of hydrogen-bond donors (Lipinski definition) is 0. The molecule has 0 aliphatic carbocycles. The highest BCUT2D eigenvalue weighted by atomic mass is 16.6. The summed E-state index contributed by atoms with van der Waals surface area (Å²) in [5, 5.41) is 0. The van der Waals surface area contributed by atoms with E-state index in [2.05, 4.69) is 4.74 Å². The molecule has 17 heavy (non-hydrogen) atoms. The smallest absolute Gasteiger partial charge is 0.308 e. The molecule has 0 fully saturated rings. The first-order chi connectivity index (χ1) is 8.14. The standard InChI is InChI=1S/C11H22O6/c1-13-7-9(15-3)11(17-5)8(14-2)6-10(12)16-4/h8-9,11H,6-7H2,1-5H3/t8-,9-,11+/m1/s1. The van der Waals surface area contributed by atoms with Crippen molar-refractivity contribution < 1.29 is 28.5 Å². The molecule has 0 aliphatic rings. The summed E-state index contributed by atoms with van der Waals surface area (Å²) in [6.45, 7) is 0.357. The van der Waals surface area contributed by atoms with Crippen molar-refractivity contribution in [3.63, 3.8) is 0 Å². The van der Waals surface area contributed by atoms with E-state index in [-0.39, 0.29) is 18.5 Å². The van der Waals surface area contributed by atoms with Crippen LogP contribution in [0.15, 0.2) is 0 Å². The lowest BCUT2D eigenvalue weighted by atomic mass is 10.1. The maximum atomic E-state index is 11.2. The molecule has 102 valence electrons. The average Bonchev–Trinajstić information content (AvgIpc) is 2.36. The predicted molar refractivity (Wildman–Crippen MR) is 60.9 cm³/mol. The van der Waals surface area contributed by atoms with Gasteiger partial charge in [0.2, 0.25) is 0 Å². The Labute approximate surface area is 102 Å². The molecule has 0 saturated carbocycles. The lowest BCUT2D eigenvalue weighted by molar-refractivity contribution is -0.154. The largest absolute Gasteiger partial charge is 0.469 e. The summed E-state index contributed by atoms with van der Waals surface area (Å²) in [7, 11) is 7.51. The van der Waals surface area contributed by atoms with E-state index in [1.54, 1.807) is 14.2 Å². The van der Waals surface area contributed by atoms with Crippen molar-refractivity contribution in [3.05, 3.63) is 0 Å². The minimum Gasteiger partial charge on any atom is -0.469 e. The van der Waals surface area contributed by atoms with Crippen LogP contribution in [-0.2, 0) is 28.5 Å². The van der Waals surface area contributed by atoms with E-state index in [0.717, 1.165) is 0 Å². The number of methoxy groups -OCH3 is 5. The summed E-state index contributed by atoms with van der Waals surface area (Å²) in [5.41, 5.74) is 0. The number of esters is 1. The number of carbonyl (C=O) groups is 1. The summed E-state index contributed by atoms with van der Waals surface area (Å²) in [6, 6.07) is 0. The first-order valence-electron chi connectivity index (χ1n) is 5.28. The molecule has 6 heteroatoms. The van der Waals surface area contributed by atoms with E-state index >= 15 is 0 Å². The molecule has 0 unspecified atom stereocenters. The van der Waals surface area contributed by atoms with Gasteiger partial charge in [-0.25, -0.2) is 0 Å². The molecule has 0 aromatic carbocycles. The molecule has 0 aromatic heterocycles. The van der Waals surface area contributed by atoms with Crippen LogP contribution in [0, 0.1) is 0 Å². The van der Waals surface area contributed by atoms with Gasteiger partial charge in [-0.2, -0.15) is 0 Å². The van der Waals surface area contributed by atoms with Gasteiger partial charge in [-0.15, -0.1) is 0 Å². The van der Waals surface area contributed by atoms with Crippen LogP contribution < -0.4 is 0 Å². The van der Waals surface area contributed by atoms with Gasteiger partial charge in [0.05, 0.1) is 26.2 Å². The van der Waals surface area contributed by atoms with Gasteiger partial charge in [0.1, 0.15) is 12.2 Å². The third-order valence-corrected chi connectivity index (χ3v) is 2.54. The third kappa shape index (κ3) is 5.45. The molecule has 0 bridgehead atoms. The van der Waals surface area contributed by atoms with Crippen LogP contribution in [0.2, 0.25) is 0 Å². The Morgan fingerprint density at radius 1 is 0.941 bits per heavy atom. The number of rotatable bonds is 9. The van der Waals surface area contributed by atoms with Crippen LogP contribution >= 0.6 is 0 Å². The van der Waals surface area contributed by atoms with Crippen LogP contribution in [0.4, 0.5) is 0 Å². The summed E-state index contributed by atoms with van der Waals surface area (Å²) < 4.78 is 25.5. The summed E-state index contributed by atoms with van der Waals surface area (Å²) in [5.74, 6) is -0.355. The number of hydrogen-bond acceptors (Lipinski definition) is 6. The van der Waals surface area contributed by atoms with Crippen molar-refractivity contribution in [1.82, 2.24) is 0 Å². The van der Waals surface area contributed by atoms with Gasteiger partial charge in [-0.1, -0.05) is 0 Å². The van der Waals surface area contributed by atoms with E-state index in [0.29, 0.717) is 6.61 Å². The number of ether oxygens (including phenoxy) is 5. The predicted octanol–water partition coefficient (Wildman–Crippen LogP) is 0.241. The summed E-state index contributed by atoms with van der Waals surface area (Å²) in [4.78, 5) is 11.2. The third-order valence-electron chi connectivity index (χ3n) is 2.54. The van der Waals surface area contributed by atoms with Crippen LogP contribution in [0.1, 0.15) is 6.42 Å². The topological polar surface area (TPSA) is 63.2 Å². The van der Waals surface area contributed by atoms with Crippen molar-refractivity contribution in [1.29, 1.82) is 0 Å². The Morgan fingerprint density at radius 3 is 1.88 bits per heavy atom. The highest BCUT2D eigenvalue weighted by molar-refractivity contribution is 5.69. The molecule has 0 rings (SSSR count). The summed E-state index contributed by atoms with van der Waals surface area (Å²) >= 11 is 0. The van der Waals surface area contributed by atoms with E-state index in [1.165, 1.54) is 21.3 Å². The lowest BCUT2D eigenvalue weighted by Crippen LogP contribution is -2.44. The fraction of sp³-hybridized carbons (Fsp3) is 0.909. The molecule has 0 radical (unpaired) electrons. The van der Waals surface area contributed by atoms with E-state index in [9.17, 15) is 4.79 Å². The summed E-state index contributed by atoms with van der Waals surface area (Å²) in [6.07, 6.45) is -1.04. The quantitative estimate of drug-likeness (QED) is 0.546. The van der Waals surface area contributed by atoms with Gasteiger partial charge in [-0.3, -0.25) is 4.79 Å². The molecule has 0 spiro atoms. The molecule has 0 heterocycles. The molecule has 0 amide bonds. The zero-order valence-electron chi connectivity index (χ0n) is 11.1. The number of carbonyl (C=O) groups excluding carboxylic acids is 1. The minimum atomic E-state index is -0.437. The van der Waals surface area contributed by atoms with E-state index in [4.69, 9.17) is 18.9 Å². The SMILES string of the molecule is COC[C@@H](OC)[C@@H](OC)[C@@H](CC(=O)OC)OC.